The van der Waals surface area contributed by atoms with Gasteiger partial charge < -0.3 is 9.55 Å². The van der Waals surface area contributed by atoms with Gasteiger partial charge in [0.1, 0.15) is 0 Å². The minimum atomic E-state index is -2.28. The molecule has 2 nitrogen and oxygen atoms in total. The van der Waals surface area contributed by atoms with E-state index in [0.29, 0.717) is 17.2 Å². The third-order valence-electron chi connectivity index (χ3n) is 10.5. The third-order valence-corrected chi connectivity index (χ3v) is 14.8. The van der Waals surface area contributed by atoms with Gasteiger partial charge in [-0.1, -0.05) is 80.5 Å². The molecule has 239 valence electrons. The monoisotopic (exact) mass is 794 g/mol. The predicted molar refractivity (Wildman–Crippen MR) is 185 cm³/mol. The minimum absolute atomic E-state index is 0. The number of benzene rings is 3. The first-order valence-corrected chi connectivity index (χ1v) is 19.1. The fraction of sp³-hybridized carbons (Fsp3) is 0.439. The van der Waals surface area contributed by atoms with E-state index >= 15 is 0 Å². The van der Waals surface area contributed by atoms with Gasteiger partial charge in [-0.2, -0.15) is 30.3 Å². The van der Waals surface area contributed by atoms with Gasteiger partial charge in [0.25, 0.3) is 0 Å². The van der Waals surface area contributed by atoms with E-state index in [2.05, 4.69) is 71.7 Å². The summed E-state index contributed by atoms with van der Waals surface area (Å²) >= 11 is 0. The summed E-state index contributed by atoms with van der Waals surface area (Å²) in [6.45, 7) is 0. The average molecular weight is 794 g/mol. The van der Waals surface area contributed by atoms with E-state index in [1.807, 2.05) is 42.6 Å². The molecular weight excluding hydrogens is 746 g/mol. The molecule has 1 radical (unpaired) electrons. The van der Waals surface area contributed by atoms with E-state index in [-0.39, 0.29) is 20.1 Å². The van der Waals surface area contributed by atoms with Crippen LogP contribution in [0.2, 0.25) is 0 Å². The Balaban J connectivity index is 0.000000177. The van der Waals surface area contributed by atoms with Crippen molar-refractivity contribution in [2.75, 3.05) is 0 Å². The predicted octanol–water partition coefficient (Wildman–Crippen LogP) is 11.1. The number of nitrogens with zero attached hydrogens (tertiary/aromatic N) is 1. The topological polar surface area (TPSA) is 30.0 Å². The third kappa shape index (κ3) is 8.54. The van der Waals surface area contributed by atoms with Gasteiger partial charge in [0.05, 0.1) is 7.14 Å². The van der Waals surface area contributed by atoms with Crippen molar-refractivity contribution >= 4 is 12.4 Å². The maximum atomic E-state index is 14.1. The molecule has 0 atom stereocenters. The Bertz CT molecular complexity index is 1440. The molecule has 1 heterocycles. The van der Waals surface area contributed by atoms with Gasteiger partial charge >= 0.3 is 0 Å². The zero-order chi connectivity index (χ0) is 30.0. The molecule has 7 rings (SSSR count). The molecule has 0 amide bonds. The number of hydrogen-bond acceptors (Lipinski definition) is 2. The average Bonchev–Trinajstić information content (AvgIpc) is 3.13. The fourth-order valence-corrected chi connectivity index (χ4v) is 12.4. The SMILES string of the molecule is O=P(c1[c-]cccc1)(C1CCCCC1)C1CCCCC1.[Ir].[c-]1ccccc1-c1cc(C2CCC(c3ccccc3)CC2)ccn1. The maximum Gasteiger partial charge on any atom is 0.0978 e. The first-order chi connectivity index (χ1) is 21.7. The van der Waals surface area contributed by atoms with Crippen LogP contribution in [0.25, 0.3) is 11.3 Å². The Morgan fingerprint density at radius 3 is 1.69 bits per heavy atom. The van der Waals surface area contributed by atoms with Crippen LogP contribution in [0.4, 0.5) is 0 Å². The van der Waals surface area contributed by atoms with Crippen LogP contribution in [0, 0.1) is 12.1 Å². The van der Waals surface area contributed by atoms with E-state index in [0.717, 1.165) is 22.5 Å². The summed E-state index contributed by atoms with van der Waals surface area (Å²) in [4.78, 5) is 4.54. The summed E-state index contributed by atoms with van der Waals surface area (Å²) in [5.74, 6) is 1.39. The Hall–Kier alpha value is -2.31. The van der Waals surface area contributed by atoms with Crippen LogP contribution in [0.1, 0.15) is 113 Å². The van der Waals surface area contributed by atoms with Gasteiger partial charge in [0.15, 0.2) is 0 Å². The van der Waals surface area contributed by atoms with Gasteiger partial charge in [-0.05, 0) is 80.5 Å². The van der Waals surface area contributed by atoms with Gasteiger partial charge in [0, 0.05) is 37.6 Å². The summed E-state index contributed by atoms with van der Waals surface area (Å²) < 4.78 is 14.1. The van der Waals surface area contributed by atoms with Crippen LogP contribution in [0.3, 0.4) is 0 Å². The normalized spacial score (nSPS) is 21.2. The van der Waals surface area contributed by atoms with Crippen LogP contribution in [0.5, 0.6) is 0 Å². The van der Waals surface area contributed by atoms with E-state index in [9.17, 15) is 4.57 Å². The van der Waals surface area contributed by atoms with Crippen molar-refractivity contribution in [3.63, 3.8) is 0 Å². The number of aromatic nitrogens is 1. The fourth-order valence-electron chi connectivity index (χ4n) is 8.11. The Labute approximate surface area is 285 Å². The van der Waals surface area contributed by atoms with Crippen LogP contribution in [-0.2, 0) is 24.7 Å². The second-order valence-corrected chi connectivity index (χ2v) is 16.6. The summed E-state index contributed by atoms with van der Waals surface area (Å²) in [6, 6.07) is 38.2. The van der Waals surface area contributed by atoms with Crippen molar-refractivity contribution < 1.29 is 24.7 Å². The van der Waals surface area contributed by atoms with E-state index in [4.69, 9.17) is 0 Å². The van der Waals surface area contributed by atoms with Crippen LogP contribution >= 0.6 is 7.14 Å². The first kappa shape index (κ1) is 34.0. The van der Waals surface area contributed by atoms with Gasteiger partial charge in [-0.3, -0.25) is 0 Å². The summed E-state index contributed by atoms with van der Waals surface area (Å²) in [5, 5.41) is 1.05. The molecule has 4 aromatic rings. The van der Waals surface area contributed by atoms with Crippen LogP contribution < -0.4 is 5.30 Å². The quantitative estimate of drug-likeness (QED) is 0.144. The zero-order valence-electron chi connectivity index (χ0n) is 26.6. The van der Waals surface area contributed by atoms with Crippen molar-refractivity contribution in [2.24, 2.45) is 0 Å². The molecular formula is C41H48IrNOP-2. The molecule has 0 bridgehead atoms. The molecule has 3 saturated carbocycles. The maximum absolute atomic E-state index is 14.1. The van der Waals surface area contributed by atoms with Crippen molar-refractivity contribution in [2.45, 2.75) is 113 Å². The Morgan fingerprint density at radius 2 is 1.13 bits per heavy atom. The van der Waals surface area contributed by atoms with Crippen molar-refractivity contribution in [3.05, 3.63) is 120 Å². The smallest absolute Gasteiger partial charge is 0.0978 e. The zero-order valence-corrected chi connectivity index (χ0v) is 29.9. The molecule has 0 spiro atoms. The van der Waals surface area contributed by atoms with Crippen molar-refractivity contribution in [1.29, 1.82) is 0 Å². The molecule has 0 aliphatic heterocycles. The van der Waals surface area contributed by atoms with Gasteiger partial charge in [-0.15, -0.1) is 41.2 Å². The molecule has 0 saturated heterocycles. The number of rotatable bonds is 6. The molecule has 3 fully saturated rings. The molecule has 3 aliphatic carbocycles. The summed E-state index contributed by atoms with van der Waals surface area (Å²) in [7, 11) is -2.28. The molecule has 4 heteroatoms. The van der Waals surface area contributed by atoms with Crippen LogP contribution in [0.15, 0.2) is 97.2 Å². The molecule has 0 N–H and O–H groups in total. The second-order valence-electron chi connectivity index (χ2n) is 13.3. The van der Waals surface area contributed by atoms with E-state index in [1.54, 1.807) is 0 Å². The first-order valence-electron chi connectivity index (χ1n) is 17.3. The molecule has 1 aromatic heterocycles. The standard InChI is InChI=1S/C23H22N.C18H26OP.Ir/c1-3-7-18(8-4-1)19-11-13-20(14-12-19)22-15-16-24-23(17-22)21-9-5-2-6-10-21;19-20(16-10-4-1-5-11-16,17-12-6-2-7-13-17)18-14-8-3-9-15-18;/h1-9,15-17,19-20H,11-14H2;1,4-5,10,17-18H,2-3,6-9,12-15H2;/q2*-1;. The van der Waals surface area contributed by atoms with Crippen molar-refractivity contribution in [3.8, 4) is 11.3 Å². The van der Waals surface area contributed by atoms with E-state index in [1.165, 1.54) is 101 Å². The number of pyridine rings is 1. The van der Waals surface area contributed by atoms with Gasteiger partial charge in [-0.25, -0.2) is 0 Å². The Kier molecular flexibility index (Phi) is 12.9. The van der Waals surface area contributed by atoms with Crippen molar-refractivity contribution in [1.82, 2.24) is 4.98 Å². The molecule has 3 aromatic carbocycles. The summed E-state index contributed by atoms with van der Waals surface area (Å²) in [5.41, 5.74) is 5.95. The minimum Gasteiger partial charge on any atom is -0.320 e. The Morgan fingerprint density at radius 1 is 0.578 bits per heavy atom. The van der Waals surface area contributed by atoms with E-state index < -0.39 is 7.14 Å². The molecule has 3 aliphatic rings. The molecule has 0 unspecified atom stereocenters. The summed E-state index contributed by atoms with van der Waals surface area (Å²) in [6.07, 6.45) is 19.5. The second kappa shape index (κ2) is 17.0. The molecule has 45 heavy (non-hydrogen) atoms. The van der Waals surface area contributed by atoms with Gasteiger partial charge in [0.2, 0.25) is 0 Å². The van der Waals surface area contributed by atoms with Crippen LogP contribution in [-0.4, -0.2) is 16.3 Å². The number of hydrogen-bond donors (Lipinski definition) is 0. The largest absolute Gasteiger partial charge is 0.320 e.